The zero-order valence-electron chi connectivity index (χ0n) is 15.9. The average molecular weight is 385 g/mol. The molecule has 2 N–H and O–H groups in total. The van der Waals surface area contributed by atoms with E-state index < -0.39 is 17.2 Å². The summed E-state index contributed by atoms with van der Waals surface area (Å²) in [5.41, 5.74) is 1.30. The number of aromatic amines is 1. The van der Waals surface area contributed by atoms with Crippen LogP contribution in [0, 0.1) is 0 Å². The van der Waals surface area contributed by atoms with Crippen LogP contribution in [0.5, 0.6) is 0 Å². The molecule has 0 amide bonds. The summed E-state index contributed by atoms with van der Waals surface area (Å²) in [6.45, 7) is 0.551. The molecule has 9 nitrogen and oxygen atoms in total. The molecule has 2 aliphatic heterocycles. The summed E-state index contributed by atoms with van der Waals surface area (Å²) in [6, 6.07) is 5.72. The molecule has 0 saturated heterocycles. The Morgan fingerprint density at radius 2 is 1.89 bits per heavy atom. The summed E-state index contributed by atoms with van der Waals surface area (Å²) < 4.78 is 1.86. The Morgan fingerprint density at radius 1 is 1.14 bits per heavy atom. The van der Waals surface area contributed by atoms with Crippen molar-refractivity contribution >= 4 is 22.7 Å². The average Bonchev–Trinajstić information content (AvgIpc) is 2.63. The normalized spacial score (nSPS) is 11.2. The lowest BCUT2D eigenvalue weighted by atomic mass is 10.1. The fourth-order valence-electron chi connectivity index (χ4n) is 3.19. The van der Waals surface area contributed by atoms with Gasteiger partial charge in [0.25, 0.3) is 5.56 Å². The Kier molecular flexibility index (Phi) is 5.72. The van der Waals surface area contributed by atoms with Crippen LogP contribution < -0.4 is 16.1 Å². The van der Waals surface area contributed by atoms with Crippen molar-refractivity contribution < 1.29 is 9.90 Å². The van der Waals surface area contributed by atoms with Gasteiger partial charge < -0.3 is 14.6 Å². The van der Waals surface area contributed by atoms with E-state index in [1.807, 2.05) is 41.8 Å². The van der Waals surface area contributed by atoms with Crippen LogP contribution in [-0.4, -0.2) is 44.7 Å². The number of aromatic nitrogens is 4. The largest absolute Gasteiger partial charge is 0.481 e. The van der Waals surface area contributed by atoms with Gasteiger partial charge >= 0.3 is 11.7 Å². The molecular weight excluding hydrogens is 362 g/mol. The first kappa shape index (κ1) is 19.5. The van der Waals surface area contributed by atoms with Crippen LogP contribution >= 0.6 is 0 Å². The maximum Gasteiger partial charge on any atom is 0.349 e. The maximum atomic E-state index is 12.2. The molecule has 2 heterocycles. The van der Waals surface area contributed by atoms with Crippen LogP contribution in [0.15, 0.2) is 27.8 Å². The molecule has 0 fully saturated rings. The van der Waals surface area contributed by atoms with E-state index in [1.165, 1.54) is 0 Å². The number of fused-ring (bicyclic) bond motifs is 2. The second-order valence-corrected chi connectivity index (χ2v) is 6.93. The van der Waals surface area contributed by atoms with Crippen molar-refractivity contribution in [2.75, 3.05) is 19.0 Å². The molecule has 0 aromatic heterocycles. The van der Waals surface area contributed by atoms with Gasteiger partial charge in [0.2, 0.25) is 0 Å². The van der Waals surface area contributed by atoms with Crippen molar-refractivity contribution in [3.05, 3.63) is 39.0 Å². The van der Waals surface area contributed by atoms with Gasteiger partial charge in [-0.3, -0.25) is 14.6 Å². The third-order valence-electron chi connectivity index (χ3n) is 4.63. The molecule has 0 unspecified atom stereocenters. The van der Waals surface area contributed by atoms with Gasteiger partial charge in [-0.05, 0) is 31.0 Å². The quantitative estimate of drug-likeness (QED) is 0.447. The van der Waals surface area contributed by atoms with Gasteiger partial charge in [0.15, 0.2) is 11.5 Å². The summed E-state index contributed by atoms with van der Waals surface area (Å²) in [5.74, 6) is -0.522. The van der Waals surface area contributed by atoms with Crippen molar-refractivity contribution in [3.63, 3.8) is 0 Å². The minimum atomic E-state index is -0.789. The molecule has 9 heteroatoms. The topological polar surface area (TPSA) is 121 Å². The minimum absolute atomic E-state index is 0.135. The number of carboxylic acids is 1. The van der Waals surface area contributed by atoms with E-state index in [4.69, 9.17) is 5.11 Å². The number of hydrogen-bond donors (Lipinski definition) is 2. The zero-order valence-corrected chi connectivity index (χ0v) is 15.9. The molecule has 0 saturated carbocycles. The van der Waals surface area contributed by atoms with Crippen LogP contribution in [0.3, 0.4) is 0 Å². The minimum Gasteiger partial charge on any atom is -0.481 e. The fourth-order valence-corrected chi connectivity index (χ4v) is 3.19. The molecule has 0 atom stereocenters. The van der Waals surface area contributed by atoms with Crippen LogP contribution in [0.1, 0.15) is 32.1 Å². The van der Waals surface area contributed by atoms with Crippen LogP contribution in [-0.2, 0) is 11.3 Å². The van der Waals surface area contributed by atoms with E-state index in [-0.39, 0.29) is 17.9 Å². The molecule has 28 heavy (non-hydrogen) atoms. The van der Waals surface area contributed by atoms with Gasteiger partial charge in [0.05, 0.1) is 11.0 Å². The van der Waals surface area contributed by atoms with Crippen LogP contribution in [0.4, 0.5) is 5.69 Å². The number of carbonyl (C=O) groups is 1. The van der Waals surface area contributed by atoms with Gasteiger partial charge in [0.1, 0.15) is 0 Å². The standard InChI is InChI=1S/C19H23N5O4/c1-23(2)12-8-9-13-14(11-12)24(10-6-4-3-5-7-15(25)26)17-16(20-13)18(27)22-19(28)21-17/h8-9,11H,3-7,10H2,1-2H3,(H,25,26)(H,22,27,28). The number of nitrogens with zero attached hydrogens (tertiary/aromatic N) is 4. The van der Waals surface area contributed by atoms with E-state index in [9.17, 15) is 14.4 Å². The first-order chi connectivity index (χ1) is 13.4. The maximum absolute atomic E-state index is 12.2. The molecule has 0 radical (unpaired) electrons. The Labute approximate surface area is 161 Å². The number of nitrogens with one attached hydrogen (secondary N) is 1. The first-order valence-corrected chi connectivity index (χ1v) is 9.20. The van der Waals surface area contributed by atoms with Gasteiger partial charge in [-0.15, -0.1) is 0 Å². The molecule has 0 spiro atoms. The smallest absolute Gasteiger partial charge is 0.349 e. The second kappa shape index (κ2) is 8.20. The number of benzene rings is 1. The van der Waals surface area contributed by atoms with Crippen molar-refractivity contribution in [1.82, 2.24) is 19.5 Å². The summed E-state index contributed by atoms with van der Waals surface area (Å²) >= 11 is 0. The summed E-state index contributed by atoms with van der Waals surface area (Å²) in [6.07, 6.45) is 3.21. The Hall–Kier alpha value is -3.23. The fraction of sp³-hybridized carbons (Fsp3) is 0.421. The highest BCUT2D eigenvalue weighted by Gasteiger charge is 2.18. The van der Waals surface area contributed by atoms with E-state index in [2.05, 4.69) is 15.0 Å². The number of aliphatic carboxylic acids is 1. The number of hydrogen-bond acceptors (Lipinski definition) is 6. The molecule has 3 rings (SSSR count). The Morgan fingerprint density at radius 3 is 2.61 bits per heavy atom. The Balaban J connectivity index is 2.00. The third kappa shape index (κ3) is 4.19. The molecule has 0 aliphatic carbocycles. The van der Waals surface area contributed by atoms with Gasteiger partial charge in [0, 0.05) is 32.7 Å². The Bertz CT molecular complexity index is 1090. The number of H-pyrrole nitrogens is 1. The van der Waals surface area contributed by atoms with E-state index in [0.717, 1.165) is 30.5 Å². The number of aryl methyl sites for hydroxylation is 1. The van der Waals surface area contributed by atoms with Gasteiger partial charge in [-0.1, -0.05) is 12.8 Å². The lowest BCUT2D eigenvalue weighted by Crippen LogP contribution is -2.29. The predicted molar refractivity (Wildman–Crippen MR) is 106 cm³/mol. The molecule has 148 valence electrons. The van der Waals surface area contributed by atoms with Crippen molar-refractivity contribution in [1.29, 1.82) is 0 Å². The van der Waals surface area contributed by atoms with Crippen molar-refractivity contribution in [2.24, 2.45) is 0 Å². The molecule has 0 bridgehead atoms. The van der Waals surface area contributed by atoms with E-state index >= 15 is 0 Å². The highest BCUT2D eigenvalue weighted by atomic mass is 16.4. The molecule has 1 aromatic carbocycles. The lowest BCUT2D eigenvalue weighted by Gasteiger charge is -2.19. The van der Waals surface area contributed by atoms with Gasteiger partial charge in [-0.2, -0.15) is 4.98 Å². The number of carboxylic acid groups (broad SMARTS) is 1. The summed E-state index contributed by atoms with van der Waals surface area (Å²) in [5, 5.41) is 8.72. The molecular formula is C19H23N5O4. The highest BCUT2D eigenvalue weighted by Crippen LogP contribution is 2.25. The molecule has 1 aromatic rings. The monoisotopic (exact) mass is 385 g/mol. The second-order valence-electron chi connectivity index (χ2n) is 6.93. The summed E-state index contributed by atoms with van der Waals surface area (Å²) in [7, 11) is 3.86. The number of rotatable bonds is 8. The number of unbranched alkanes of at least 4 members (excludes halogenated alkanes) is 3. The van der Waals surface area contributed by atoms with Crippen LogP contribution in [0.2, 0.25) is 0 Å². The lowest BCUT2D eigenvalue weighted by molar-refractivity contribution is -0.137. The van der Waals surface area contributed by atoms with E-state index in [0.29, 0.717) is 18.5 Å². The highest BCUT2D eigenvalue weighted by molar-refractivity contribution is 5.82. The van der Waals surface area contributed by atoms with Gasteiger partial charge in [-0.25, -0.2) is 9.78 Å². The SMILES string of the molecule is CN(C)c1ccc2nc3c(=O)[nH]c(=O)nc-3n(CCCCCCC(=O)O)c2c1. The van der Waals surface area contributed by atoms with E-state index in [1.54, 1.807) is 0 Å². The number of anilines is 1. The van der Waals surface area contributed by atoms with Crippen LogP contribution in [0.25, 0.3) is 22.6 Å². The summed E-state index contributed by atoms with van der Waals surface area (Å²) in [4.78, 5) is 47.1. The first-order valence-electron chi connectivity index (χ1n) is 9.20. The van der Waals surface area contributed by atoms with Crippen molar-refractivity contribution in [3.8, 4) is 11.5 Å². The third-order valence-corrected chi connectivity index (χ3v) is 4.63. The van der Waals surface area contributed by atoms with Crippen molar-refractivity contribution in [2.45, 2.75) is 38.6 Å². The zero-order chi connectivity index (χ0) is 20.3. The molecule has 2 aliphatic rings. The predicted octanol–water partition coefficient (Wildman–Crippen LogP) is 1.69.